The summed E-state index contributed by atoms with van der Waals surface area (Å²) in [6.45, 7) is 5.15. The van der Waals surface area contributed by atoms with Gasteiger partial charge in [0.05, 0.1) is 0 Å². The SMILES string of the molecule is CC(C)CNC(=O)NCCc1cc2ccccc2[nH]c1=O. The summed E-state index contributed by atoms with van der Waals surface area (Å²) in [5.41, 5.74) is 1.41. The second-order valence-electron chi connectivity index (χ2n) is 5.49. The van der Waals surface area contributed by atoms with Gasteiger partial charge in [0, 0.05) is 24.2 Å². The van der Waals surface area contributed by atoms with E-state index in [0.29, 0.717) is 31.0 Å². The first kappa shape index (κ1) is 15.1. The lowest BCUT2D eigenvalue weighted by molar-refractivity contribution is 0.239. The zero-order chi connectivity index (χ0) is 15.2. The fraction of sp³-hybridized carbons (Fsp3) is 0.375. The van der Waals surface area contributed by atoms with Crippen LogP contribution in [0.15, 0.2) is 35.1 Å². The van der Waals surface area contributed by atoms with Crippen molar-refractivity contribution in [3.8, 4) is 0 Å². The molecule has 1 heterocycles. The molecule has 5 nitrogen and oxygen atoms in total. The quantitative estimate of drug-likeness (QED) is 0.787. The van der Waals surface area contributed by atoms with E-state index in [0.717, 1.165) is 10.9 Å². The van der Waals surface area contributed by atoms with Crippen LogP contribution in [0.25, 0.3) is 10.9 Å². The highest BCUT2D eigenvalue weighted by Crippen LogP contribution is 2.09. The van der Waals surface area contributed by atoms with E-state index in [9.17, 15) is 9.59 Å². The minimum Gasteiger partial charge on any atom is -0.338 e. The number of para-hydroxylation sites is 1. The molecule has 0 bridgehead atoms. The molecule has 2 amide bonds. The number of aromatic amines is 1. The largest absolute Gasteiger partial charge is 0.338 e. The van der Waals surface area contributed by atoms with Gasteiger partial charge in [-0.25, -0.2) is 4.79 Å². The first-order chi connectivity index (χ1) is 10.1. The van der Waals surface area contributed by atoms with E-state index in [-0.39, 0.29) is 11.6 Å². The Morgan fingerprint density at radius 3 is 2.76 bits per heavy atom. The Hall–Kier alpha value is -2.30. The second-order valence-corrected chi connectivity index (χ2v) is 5.49. The summed E-state index contributed by atoms with van der Waals surface area (Å²) in [6, 6.07) is 9.33. The minimum atomic E-state index is -0.194. The van der Waals surface area contributed by atoms with Crippen molar-refractivity contribution in [1.82, 2.24) is 15.6 Å². The molecule has 0 atom stereocenters. The van der Waals surface area contributed by atoms with Gasteiger partial charge < -0.3 is 15.6 Å². The van der Waals surface area contributed by atoms with Crippen LogP contribution in [0.2, 0.25) is 0 Å². The van der Waals surface area contributed by atoms with E-state index in [1.165, 1.54) is 0 Å². The van der Waals surface area contributed by atoms with Gasteiger partial charge in [0.25, 0.3) is 5.56 Å². The van der Waals surface area contributed by atoms with Gasteiger partial charge >= 0.3 is 6.03 Å². The molecule has 2 aromatic rings. The summed E-state index contributed by atoms with van der Waals surface area (Å²) < 4.78 is 0. The predicted molar refractivity (Wildman–Crippen MR) is 84.5 cm³/mol. The van der Waals surface area contributed by atoms with E-state index in [2.05, 4.69) is 15.6 Å². The van der Waals surface area contributed by atoms with Crippen LogP contribution in [-0.2, 0) is 6.42 Å². The van der Waals surface area contributed by atoms with E-state index in [1.807, 2.05) is 44.2 Å². The number of aromatic nitrogens is 1. The number of H-pyrrole nitrogens is 1. The van der Waals surface area contributed by atoms with E-state index < -0.39 is 0 Å². The number of benzene rings is 1. The summed E-state index contributed by atoms with van der Waals surface area (Å²) in [7, 11) is 0. The lowest BCUT2D eigenvalue weighted by atomic mass is 10.1. The molecule has 0 aliphatic heterocycles. The number of pyridine rings is 1. The first-order valence-corrected chi connectivity index (χ1v) is 7.19. The van der Waals surface area contributed by atoms with Crippen molar-refractivity contribution in [2.75, 3.05) is 13.1 Å². The number of amides is 2. The molecule has 0 spiro atoms. The molecule has 1 aromatic carbocycles. The Kier molecular flexibility index (Phi) is 4.98. The normalized spacial score (nSPS) is 10.8. The number of urea groups is 1. The molecule has 0 aliphatic carbocycles. The summed E-state index contributed by atoms with van der Waals surface area (Å²) in [4.78, 5) is 26.3. The van der Waals surface area contributed by atoms with Gasteiger partial charge in [-0.3, -0.25) is 4.79 Å². The number of nitrogens with one attached hydrogen (secondary N) is 3. The van der Waals surface area contributed by atoms with Gasteiger partial charge in [0.15, 0.2) is 0 Å². The van der Waals surface area contributed by atoms with E-state index >= 15 is 0 Å². The van der Waals surface area contributed by atoms with Crippen molar-refractivity contribution in [1.29, 1.82) is 0 Å². The van der Waals surface area contributed by atoms with Gasteiger partial charge in [-0.2, -0.15) is 0 Å². The molecule has 21 heavy (non-hydrogen) atoms. The van der Waals surface area contributed by atoms with Crippen molar-refractivity contribution >= 4 is 16.9 Å². The number of fused-ring (bicyclic) bond motifs is 1. The molecule has 112 valence electrons. The molecule has 0 saturated carbocycles. The van der Waals surface area contributed by atoms with Gasteiger partial charge in [-0.1, -0.05) is 32.0 Å². The summed E-state index contributed by atoms with van der Waals surface area (Å²) >= 11 is 0. The lowest BCUT2D eigenvalue weighted by Gasteiger charge is -2.09. The molecule has 0 radical (unpaired) electrons. The molecule has 0 fully saturated rings. The maximum atomic E-state index is 11.9. The van der Waals surface area contributed by atoms with Crippen LogP contribution in [-0.4, -0.2) is 24.1 Å². The fourth-order valence-electron chi connectivity index (χ4n) is 2.05. The molecular weight excluding hydrogens is 266 g/mol. The highest BCUT2D eigenvalue weighted by molar-refractivity contribution is 5.78. The smallest absolute Gasteiger partial charge is 0.314 e. The lowest BCUT2D eigenvalue weighted by Crippen LogP contribution is -2.38. The third-order valence-electron chi connectivity index (χ3n) is 3.18. The van der Waals surface area contributed by atoms with Crippen molar-refractivity contribution < 1.29 is 4.79 Å². The van der Waals surface area contributed by atoms with Crippen molar-refractivity contribution in [3.05, 3.63) is 46.2 Å². The fourth-order valence-corrected chi connectivity index (χ4v) is 2.05. The van der Waals surface area contributed by atoms with Gasteiger partial charge in [0.2, 0.25) is 0 Å². The first-order valence-electron chi connectivity index (χ1n) is 7.19. The molecule has 5 heteroatoms. The van der Waals surface area contributed by atoms with Crippen molar-refractivity contribution in [3.63, 3.8) is 0 Å². The molecule has 0 saturated heterocycles. The Morgan fingerprint density at radius 1 is 1.24 bits per heavy atom. The zero-order valence-corrected chi connectivity index (χ0v) is 12.4. The predicted octanol–water partition coefficient (Wildman–Crippen LogP) is 2.03. The monoisotopic (exact) mass is 287 g/mol. The maximum Gasteiger partial charge on any atom is 0.314 e. The van der Waals surface area contributed by atoms with Crippen LogP contribution in [0.5, 0.6) is 0 Å². The van der Waals surface area contributed by atoms with E-state index in [4.69, 9.17) is 0 Å². The highest BCUT2D eigenvalue weighted by atomic mass is 16.2. The van der Waals surface area contributed by atoms with Crippen LogP contribution < -0.4 is 16.2 Å². The van der Waals surface area contributed by atoms with Crippen LogP contribution in [0.4, 0.5) is 4.79 Å². The Morgan fingerprint density at radius 2 is 2.00 bits per heavy atom. The van der Waals surface area contributed by atoms with Crippen LogP contribution in [0, 0.1) is 5.92 Å². The number of carbonyl (C=O) groups is 1. The van der Waals surface area contributed by atoms with Crippen LogP contribution in [0.1, 0.15) is 19.4 Å². The third-order valence-corrected chi connectivity index (χ3v) is 3.18. The zero-order valence-electron chi connectivity index (χ0n) is 12.4. The Bertz CT molecular complexity index is 677. The molecule has 2 rings (SSSR count). The Labute approximate surface area is 123 Å². The standard InChI is InChI=1S/C16H21N3O2/c1-11(2)10-18-16(21)17-8-7-13-9-12-5-3-4-6-14(12)19-15(13)20/h3-6,9,11H,7-8,10H2,1-2H3,(H,19,20)(H2,17,18,21). The average Bonchev–Trinajstić information content (AvgIpc) is 2.45. The van der Waals surface area contributed by atoms with Crippen LogP contribution in [0.3, 0.4) is 0 Å². The molecule has 0 unspecified atom stereocenters. The number of carbonyl (C=O) groups excluding carboxylic acids is 1. The van der Waals surface area contributed by atoms with Crippen molar-refractivity contribution in [2.45, 2.75) is 20.3 Å². The molecular formula is C16H21N3O2. The van der Waals surface area contributed by atoms with E-state index in [1.54, 1.807) is 0 Å². The summed E-state index contributed by atoms with van der Waals surface area (Å²) in [6.07, 6.45) is 0.509. The Balaban J connectivity index is 1.93. The summed E-state index contributed by atoms with van der Waals surface area (Å²) in [5, 5.41) is 6.53. The molecule has 0 aliphatic rings. The topological polar surface area (TPSA) is 74.0 Å². The van der Waals surface area contributed by atoms with Gasteiger partial charge in [-0.05, 0) is 29.9 Å². The molecule has 3 N–H and O–H groups in total. The van der Waals surface area contributed by atoms with Crippen LogP contribution >= 0.6 is 0 Å². The molecule has 1 aromatic heterocycles. The number of hydrogen-bond donors (Lipinski definition) is 3. The third kappa shape index (κ3) is 4.34. The summed E-state index contributed by atoms with van der Waals surface area (Å²) in [5.74, 6) is 0.416. The minimum absolute atomic E-state index is 0.0990. The van der Waals surface area contributed by atoms with Gasteiger partial charge in [-0.15, -0.1) is 0 Å². The average molecular weight is 287 g/mol. The van der Waals surface area contributed by atoms with Crippen molar-refractivity contribution in [2.24, 2.45) is 5.92 Å². The maximum absolute atomic E-state index is 11.9. The second kappa shape index (κ2) is 6.92. The number of rotatable bonds is 5. The highest BCUT2D eigenvalue weighted by Gasteiger charge is 2.04. The van der Waals surface area contributed by atoms with Gasteiger partial charge in [0.1, 0.15) is 0 Å². The number of hydrogen-bond acceptors (Lipinski definition) is 2.